The number of rotatable bonds is 5. The molecule has 0 saturated heterocycles. The lowest BCUT2D eigenvalue weighted by Crippen LogP contribution is -2.21. The third-order valence-corrected chi connectivity index (χ3v) is 5.10. The standard InChI is InChI=1S/C10H14N4O3S2/c1-3-4-14-9(15)12-13-10(14)19(16,17)6-8-11-7(2)5-18-8/h5H,3-4,6H2,1-2H3,(H,12,15). The smallest absolute Gasteiger partial charge is 0.266 e. The van der Waals surface area contributed by atoms with Crippen LogP contribution in [0, 0.1) is 6.92 Å². The number of aromatic nitrogens is 4. The van der Waals surface area contributed by atoms with Crippen molar-refractivity contribution in [2.75, 3.05) is 0 Å². The molecule has 0 bridgehead atoms. The Balaban J connectivity index is 2.37. The highest BCUT2D eigenvalue weighted by atomic mass is 32.2. The van der Waals surface area contributed by atoms with Gasteiger partial charge in [-0.15, -0.1) is 16.4 Å². The monoisotopic (exact) mass is 302 g/mol. The Hall–Kier alpha value is -1.48. The molecule has 2 rings (SSSR count). The average Bonchev–Trinajstić information content (AvgIpc) is 2.87. The molecule has 2 aromatic heterocycles. The Labute approximate surface area is 114 Å². The summed E-state index contributed by atoms with van der Waals surface area (Å²) in [5.74, 6) is -0.237. The number of thiazole rings is 1. The van der Waals surface area contributed by atoms with Gasteiger partial charge in [-0.1, -0.05) is 6.92 Å². The van der Waals surface area contributed by atoms with Crippen LogP contribution in [0.5, 0.6) is 0 Å². The average molecular weight is 302 g/mol. The zero-order chi connectivity index (χ0) is 14.0. The van der Waals surface area contributed by atoms with Crippen LogP contribution in [0.1, 0.15) is 24.0 Å². The molecule has 19 heavy (non-hydrogen) atoms. The molecule has 0 spiro atoms. The summed E-state index contributed by atoms with van der Waals surface area (Å²) in [6, 6.07) is 0. The van der Waals surface area contributed by atoms with Crippen LogP contribution in [-0.4, -0.2) is 28.2 Å². The topological polar surface area (TPSA) is 97.7 Å². The molecule has 0 aliphatic carbocycles. The fourth-order valence-corrected chi connectivity index (χ4v) is 4.16. The van der Waals surface area contributed by atoms with E-state index in [1.165, 1.54) is 11.3 Å². The number of nitrogens with one attached hydrogen (secondary N) is 1. The normalized spacial score (nSPS) is 11.9. The van der Waals surface area contributed by atoms with Crippen LogP contribution in [0.15, 0.2) is 15.3 Å². The molecule has 0 unspecified atom stereocenters. The highest BCUT2D eigenvalue weighted by Crippen LogP contribution is 2.16. The van der Waals surface area contributed by atoms with E-state index < -0.39 is 15.5 Å². The molecule has 2 heterocycles. The van der Waals surface area contributed by atoms with Crippen molar-refractivity contribution in [3.05, 3.63) is 26.6 Å². The van der Waals surface area contributed by atoms with Gasteiger partial charge in [0.05, 0.1) is 0 Å². The second kappa shape index (κ2) is 5.25. The molecule has 104 valence electrons. The lowest BCUT2D eigenvalue weighted by molar-refractivity contribution is 0.550. The lowest BCUT2D eigenvalue weighted by atomic mass is 10.5. The molecule has 7 nitrogen and oxygen atoms in total. The Bertz CT molecular complexity index is 726. The van der Waals surface area contributed by atoms with E-state index in [4.69, 9.17) is 0 Å². The second-order valence-electron chi connectivity index (χ2n) is 4.10. The summed E-state index contributed by atoms with van der Waals surface area (Å²) < 4.78 is 25.6. The van der Waals surface area contributed by atoms with Gasteiger partial charge in [0.1, 0.15) is 10.8 Å². The van der Waals surface area contributed by atoms with Crippen LogP contribution in [0.25, 0.3) is 0 Å². The predicted octanol–water partition coefficient (Wildman–Crippen LogP) is 0.720. The Morgan fingerprint density at radius 1 is 1.47 bits per heavy atom. The molecule has 0 aliphatic heterocycles. The molecule has 0 amide bonds. The summed E-state index contributed by atoms with van der Waals surface area (Å²) in [5, 5.41) is 7.87. The van der Waals surface area contributed by atoms with E-state index in [0.29, 0.717) is 18.0 Å². The fraction of sp³-hybridized carbons (Fsp3) is 0.500. The van der Waals surface area contributed by atoms with Crippen LogP contribution in [0.4, 0.5) is 0 Å². The van der Waals surface area contributed by atoms with Crippen LogP contribution < -0.4 is 5.69 Å². The Morgan fingerprint density at radius 2 is 2.21 bits per heavy atom. The largest absolute Gasteiger partial charge is 0.344 e. The molecular formula is C10H14N4O3S2. The van der Waals surface area contributed by atoms with E-state index in [9.17, 15) is 13.2 Å². The maximum absolute atomic E-state index is 12.2. The first-order valence-electron chi connectivity index (χ1n) is 5.73. The van der Waals surface area contributed by atoms with Gasteiger partial charge in [0.15, 0.2) is 0 Å². The van der Waals surface area contributed by atoms with Crippen molar-refractivity contribution in [1.82, 2.24) is 19.7 Å². The zero-order valence-electron chi connectivity index (χ0n) is 10.6. The van der Waals surface area contributed by atoms with Crippen molar-refractivity contribution in [1.29, 1.82) is 0 Å². The zero-order valence-corrected chi connectivity index (χ0v) is 12.2. The summed E-state index contributed by atoms with van der Waals surface area (Å²) in [7, 11) is -3.66. The van der Waals surface area contributed by atoms with Crippen molar-refractivity contribution in [2.45, 2.75) is 37.7 Å². The van der Waals surface area contributed by atoms with Gasteiger partial charge in [0.25, 0.3) is 5.16 Å². The molecule has 0 aromatic carbocycles. The van der Waals surface area contributed by atoms with Crippen molar-refractivity contribution in [2.24, 2.45) is 0 Å². The summed E-state index contributed by atoms with van der Waals surface area (Å²) >= 11 is 1.28. The number of aromatic amines is 1. The number of hydrogen-bond acceptors (Lipinski definition) is 6. The van der Waals surface area contributed by atoms with Gasteiger partial charge >= 0.3 is 5.69 Å². The van der Waals surface area contributed by atoms with Crippen molar-refractivity contribution >= 4 is 21.2 Å². The third kappa shape index (κ3) is 2.92. The van der Waals surface area contributed by atoms with Crippen LogP contribution in [-0.2, 0) is 22.1 Å². The first kappa shape index (κ1) is 13.9. The van der Waals surface area contributed by atoms with Crippen molar-refractivity contribution in [3.8, 4) is 0 Å². The van der Waals surface area contributed by atoms with E-state index in [1.807, 2.05) is 6.92 Å². The molecule has 1 N–H and O–H groups in total. The van der Waals surface area contributed by atoms with E-state index in [2.05, 4.69) is 15.2 Å². The Kier molecular flexibility index (Phi) is 3.85. The molecule has 0 saturated carbocycles. The maximum atomic E-state index is 12.2. The first-order chi connectivity index (χ1) is 8.94. The minimum Gasteiger partial charge on any atom is -0.266 e. The van der Waals surface area contributed by atoms with Crippen LogP contribution in [0.2, 0.25) is 0 Å². The number of aryl methyl sites for hydroxylation is 1. The summed E-state index contributed by atoms with van der Waals surface area (Å²) in [6.45, 7) is 3.98. The van der Waals surface area contributed by atoms with Crippen molar-refractivity contribution in [3.63, 3.8) is 0 Å². The van der Waals surface area contributed by atoms with E-state index in [1.54, 1.807) is 12.3 Å². The van der Waals surface area contributed by atoms with E-state index in [0.717, 1.165) is 10.3 Å². The molecule has 0 atom stereocenters. The van der Waals surface area contributed by atoms with Crippen LogP contribution >= 0.6 is 11.3 Å². The third-order valence-electron chi connectivity index (χ3n) is 2.43. The maximum Gasteiger partial charge on any atom is 0.344 e. The van der Waals surface area contributed by atoms with Gasteiger partial charge in [0, 0.05) is 17.6 Å². The quantitative estimate of drug-likeness (QED) is 0.877. The van der Waals surface area contributed by atoms with Gasteiger partial charge in [-0.25, -0.2) is 23.3 Å². The van der Waals surface area contributed by atoms with E-state index in [-0.39, 0.29) is 10.9 Å². The first-order valence-corrected chi connectivity index (χ1v) is 8.26. The number of hydrogen-bond donors (Lipinski definition) is 1. The molecule has 2 aromatic rings. The van der Waals surface area contributed by atoms with Gasteiger partial charge in [0.2, 0.25) is 9.84 Å². The van der Waals surface area contributed by atoms with Gasteiger partial charge in [-0.3, -0.25) is 4.57 Å². The van der Waals surface area contributed by atoms with Crippen molar-refractivity contribution < 1.29 is 8.42 Å². The Morgan fingerprint density at radius 3 is 2.79 bits per heavy atom. The minimum atomic E-state index is -3.66. The van der Waals surface area contributed by atoms with E-state index >= 15 is 0 Å². The molecule has 9 heteroatoms. The fourth-order valence-electron chi connectivity index (χ4n) is 1.66. The molecule has 0 aliphatic rings. The number of sulfone groups is 1. The second-order valence-corrected chi connectivity index (χ2v) is 6.93. The van der Waals surface area contributed by atoms with Gasteiger partial charge in [-0.2, -0.15) is 0 Å². The van der Waals surface area contributed by atoms with Gasteiger partial charge < -0.3 is 0 Å². The molecule has 0 radical (unpaired) electrons. The number of H-pyrrole nitrogens is 1. The van der Waals surface area contributed by atoms with Gasteiger partial charge in [-0.05, 0) is 13.3 Å². The lowest BCUT2D eigenvalue weighted by Gasteiger charge is -2.03. The summed E-state index contributed by atoms with van der Waals surface area (Å²) in [4.78, 5) is 15.6. The highest BCUT2D eigenvalue weighted by Gasteiger charge is 2.24. The molecular weight excluding hydrogens is 288 g/mol. The summed E-state index contributed by atoms with van der Waals surface area (Å²) in [5.41, 5.74) is 0.277. The summed E-state index contributed by atoms with van der Waals surface area (Å²) in [6.07, 6.45) is 0.651. The van der Waals surface area contributed by atoms with Crippen LogP contribution in [0.3, 0.4) is 0 Å². The highest BCUT2D eigenvalue weighted by molar-refractivity contribution is 7.90. The minimum absolute atomic E-state index is 0.216. The SMILES string of the molecule is CCCn1c(S(=O)(=O)Cc2nc(C)cs2)n[nH]c1=O. The number of nitrogens with zero attached hydrogens (tertiary/aromatic N) is 3. The molecule has 0 fully saturated rings. The predicted molar refractivity (Wildman–Crippen MR) is 70.9 cm³/mol.